The Labute approximate surface area is 155 Å². The van der Waals surface area contributed by atoms with Crippen LogP contribution in [0.4, 0.5) is 0 Å². The first-order valence-corrected chi connectivity index (χ1v) is 9.02. The fraction of sp³-hybridized carbons (Fsp3) is 0.364. The second kappa shape index (κ2) is 10.2. The van der Waals surface area contributed by atoms with Crippen LogP contribution in [0.5, 0.6) is 0 Å². The smallest absolute Gasteiger partial charge is 0.177 e. The van der Waals surface area contributed by atoms with Crippen molar-refractivity contribution in [2.45, 2.75) is 38.6 Å². The van der Waals surface area contributed by atoms with E-state index in [0.29, 0.717) is 26.4 Å². The van der Waals surface area contributed by atoms with Gasteiger partial charge in [0.05, 0.1) is 26.4 Å². The summed E-state index contributed by atoms with van der Waals surface area (Å²) >= 11 is 0. The van der Waals surface area contributed by atoms with Gasteiger partial charge in [-0.25, -0.2) is 0 Å². The average Bonchev–Trinajstić information content (AvgIpc) is 3.05. The monoisotopic (exact) mass is 354 g/mol. The van der Waals surface area contributed by atoms with Crippen molar-refractivity contribution in [2.75, 3.05) is 13.2 Å². The summed E-state index contributed by atoms with van der Waals surface area (Å²) in [4.78, 5) is 0. The third-order valence-electron chi connectivity index (χ3n) is 4.17. The zero-order chi connectivity index (χ0) is 18.0. The molecule has 0 unspecified atom stereocenters. The standard InChI is InChI=1S/C22H26O4/c1-2-9-22-25-20(16-23-14-18-10-5-3-6-11-18)21(26-22)17-24-15-19-12-7-4-8-13-19/h2-13,20-22H,14-17H2,1H3/b9-2+/t20-,21-/m1/s1. The number of benzene rings is 2. The van der Waals surface area contributed by atoms with E-state index in [2.05, 4.69) is 24.3 Å². The topological polar surface area (TPSA) is 36.9 Å². The van der Waals surface area contributed by atoms with Gasteiger partial charge in [0.25, 0.3) is 0 Å². The predicted molar refractivity (Wildman–Crippen MR) is 101 cm³/mol. The summed E-state index contributed by atoms with van der Waals surface area (Å²) in [6.45, 7) is 4.02. The molecule has 138 valence electrons. The van der Waals surface area contributed by atoms with E-state index in [-0.39, 0.29) is 18.5 Å². The van der Waals surface area contributed by atoms with Crippen LogP contribution in [0.3, 0.4) is 0 Å². The number of allylic oxidation sites excluding steroid dienone is 1. The molecule has 0 aromatic heterocycles. The van der Waals surface area contributed by atoms with Gasteiger partial charge in [-0.3, -0.25) is 0 Å². The number of rotatable bonds is 9. The van der Waals surface area contributed by atoms with E-state index >= 15 is 0 Å². The summed E-state index contributed by atoms with van der Waals surface area (Å²) in [6.07, 6.45) is 3.21. The Morgan fingerprint density at radius 2 is 1.23 bits per heavy atom. The molecule has 0 aliphatic carbocycles. The minimum atomic E-state index is -0.337. The van der Waals surface area contributed by atoms with E-state index in [1.165, 1.54) is 0 Å². The lowest BCUT2D eigenvalue weighted by molar-refractivity contribution is -0.0482. The largest absolute Gasteiger partial charge is 0.374 e. The molecule has 2 atom stereocenters. The molecule has 1 aliphatic rings. The van der Waals surface area contributed by atoms with Crippen molar-refractivity contribution in [3.8, 4) is 0 Å². The van der Waals surface area contributed by atoms with E-state index in [9.17, 15) is 0 Å². The third kappa shape index (κ3) is 5.78. The van der Waals surface area contributed by atoms with Gasteiger partial charge in [-0.15, -0.1) is 0 Å². The Bertz CT molecular complexity index is 603. The van der Waals surface area contributed by atoms with E-state index in [1.54, 1.807) is 0 Å². The minimum absolute atomic E-state index is 0.143. The molecule has 26 heavy (non-hydrogen) atoms. The van der Waals surface area contributed by atoms with Crippen molar-refractivity contribution in [3.63, 3.8) is 0 Å². The molecule has 0 saturated carbocycles. The highest BCUT2D eigenvalue weighted by atomic mass is 16.7. The first-order chi connectivity index (χ1) is 12.8. The Kier molecular flexibility index (Phi) is 7.40. The lowest BCUT2D eigenvalue weighted by Crippen LogP contribution is -2.31. The van der Waals surface area contributed by atoms with Crippen LogP contribution >= 0.6 is 0 Å². The molecular weight excluding hydrogens is 328 g/mol. The molecule has 4 heteroatoms. The first-order valence-electron chi connectivity index (χ1n) is 9.02. The van der Waals surface area contributed by atoms with Crippen molar-refractivity contribution in [1.82, 2.24) is 0 Å². The zero-order valence-electron chi connectivity index (χ0n) is 15.1. The maximum Gasteiger partial charge on any atom is 0.177 e. The summed E-state index contributed by atoms with van der Waals surface area (Å²) in [5.74, 6) is 0. The van der Waals surface area contributed by atoms with Crippen molar-refractivity contribution in [1.29, 1.82) is 0 Å². The van der Waals surface area contributed by atoms with Gasteiger partial charge >= 0.3 is 0 Å². The van der Waals surface area contributed by atoms with E-state index < -0.39 is 0 Å². The van der Waals surface area contributed by atoms with Crippen LogP contribution in [0.1, 0.15) is 18.1 Å². The second-order valence-electron chi connectivity index (χ2n) is 6.24. The number of hydrogen-bond acceptors (Lipinski definition) is 4. The lowest BCUT2D eigenvalue weighted by atomic mass is 10.2. The van der Waals surface area contributed by atoms with Crippen molar-refractivity contribution in [2.24, 2.45) is 0 Å². The highest BCUT2D eigenvalue weighted by Gasteiger charge is 2.35. The van der Waals surface area contributed by atoms with Gasteiger partial charge in [-0.05, 0) is 24.1 Å². The minimum Gasteiger partial charge on any atom is -0.374 e. The van der Waals surface area contributed by atoms with Crippen LogP contribution in [0, 0.1) is 0 Å². The second-order valence-corrected chi connectivity index (χ2v) is 6.24. The van der Waals surface area contributed by atoms with Gasteiger partial charge in [0, 0.05) is 0 Å². The van der Waals surface area contributed by atoms with E-state index in [0.717, 1.165) is 11.1 Å². The van der Waals surface area contributed by atoms with Crippen molar-refractivity contribution in [3.05, 3.63) is 83.9 Å². The molecule has 0 amide bonds. The predicted octanol–water partition coefficient (Wildman–Crippen LogP) is 4.11. The maximum absolute atomic E-state index is 5.94. The molecule has 0 bridgehead atoms. The van der Waals surface area contributed by atoms with Crippen LogP contribution in [-0.4, -0.2) is 31.7 Å². The van der Waals surface area contributed by atoms with Gasteiger partial charge < -0.3 is 18.9 Å². The summed E-state index contributed by atoms with van der Waals surface area (Å²) in [6, 6.07) is 20.2. The van der Waals surface area contributed by atoms with Crippen LogP contribution in [-0.2, 0) is 32.2 Å². The van der Waals surface area contributed by atoms with Gasteiger partial charge in [-0.1, -0.05) is 66.7 Å². The SMILES string of the molecule is C/C=C/C1O[C@H](COCc2ccccc2)[C@@H](COCc2ccccc2)O1. The fourth-order valence-corrected chi connectivity index (χ4v) is 2.83. The van der Waals surface area contributed by atoms with Crippen molar-refractivity contribution < 1.29 is 18.9 Å². The van der Waals surface area contributed by atoms with Crippen molar-refractivity contribution >= 4 is 0 Å². The molecule has 0 spiro atoms. The normalized spacial score (nSPS) is 20.8. The Morgan fingerprint density at radius 3 is 1.65 bits per heavy atom. The number of ether oxygens (including phenoxy) is 4. The van der Waals surface area contributed by atoms with Gasteiger partial charge in [0.1, 0.15) is 12.2 Å². The lowest BCUT2D eigenvalue weighted by Gasteiger charge is -2.17. The Balaban J connectivity index is 1.48. The summed E-state index contributed by atoms with van der Waals surface area (Å²) in [7, 11) is 0. The zero-order valence-corrected chi connectivity index (χ0v) is 15.1. The summed E-state index contributed by atoms with van der Waals surface area (Å²) in [5, 5.41) is 0. The summed E-state index contributed by atoms with van der Waals surface area (Å²) < 4.78 is 23.6. The van der Waals surface area contributed by atoms with Crippen LogP contribution in [0.25, 0.3) is 0 Å². The van der Waals surface area contributed by atoms with Gasteiger partial charge in [-0.2, -0.15) is 0 Å². The quantitative estimate of drug-likeness (QED) is 0.635. The molecule has 1 aliphatic heterocycles. The molecule has 4 nitrogen and oxygen atoms in total. The highest BCUT2D eigenvalue weighted by Crippen LogP contribution is 2.22. The Hall–Kier alpha value is -1.98. The molecule has 0 radical (unpaired) electrons. The van der Waals surface area contributed by atoms with Crippen LogP contribution in [0.2, 0.25) is 0 Å². The third-order valence-corrected chi connectivity index (χ3v) is 4.17. The highest BCUT2D eigenvalue weighted by molar-refractivity contribution is 5.14. The van der Waals surface area contributed by atoms with Crippen LogP contribution in [0.15, 0.2) is 72.8 Å². The maximum atomic E-state index is 5.94. The number of hydrogen-bond donors (Lipinski definition) is 0. The first kappa shape index (κ1) is 18.8. The van der Waals surface area contributed by atoms with Gasteiger partial charge in [0.15, 0.2) is 6.29 Å². The average molecular weight is 354 g/mol. The van der Waals surface area contributed by atoms with Gasteiger partial charge in [0.2, 0.25) is 0 Å². The summed E-state index contributed by atoms with van der Waals surface area (Å²) in [5.41, 5.74) is 2.29. The van der Waals surface area contributed by atoms with E-state index in [1.807, 2.05) is 55.5 Å². The molecule has 0 N–H and O–H groups in total. The molecule has 3 rings (SSSR count). The molecule has 1 saturated heterocycles. The van der Waals surface area contributed by atoms with Crippen LogP contribution < -0.4 is 0 Å². The molecule has 1 fully saturated rings. The molecule has 1 heterocycles. The van der Waals surface area contributed by atoms with E-state index in [4.69, 9.17) is 18.9 Å². The molecule has 2 aromatic carbocycles. The molecule has 2 aromatic rings. The molecular formula is C22H26O4. The Morgan fingerprint density at radius 1 is 0.769 bits per heavy atom. The fourth-order valence-electron chi connectivity index (χ4n) is 2.83.